The number of fused-ring (bicyclic) bond motifs is 1. The fraction of sp³-hybridized carbons (Fsp3) is 0.400. The molecule has 1 aliphatic heterocycles. The fourth-order valence-corrected chi connectivity index (χ4v) is 3.45. The molecule has 112 valence electrons. The Kier molecular flexibility index (Phi) is 3.30. The van der Waals surface area contributed by atoms with Gasteiger partial charge in [0, 0.05) is 18.9 Å². The first-order valence-electron chi connectivity index (χ1n) is 6.01. The molecule has 21 heavy (non-hydrogen) atoms. The topological polar surface area (TPSA) is 135 Å². The minimum atomic E-state index is -3.63. The van der Waals surface area contributed by atoms with Crippen LogP contribution >= 0.6 is 11.6 Å². The lowest BCUT2D eigenvalue weighted by Gasteiger charge is -2.16. The van der Waals surface area contributed by atoms with Crippen molar-refractivity contribution in [2.75, 3.05) is 17.2 Å². The van der Waals surface area contributed by atoms with Crippen LogP contribution < -0.4 is 10.0 Å². The van der Waals surface area contributed by atoms with Gasteiger partial charge in [0.15, 0.2) is 11.5 Å². The van der Waals surface area contributed by atoms with Crippen LogP contribution in [-0.4, -0.2) is 46.6 Å². The first-order chi connectivity index (χ1) is 9.83. The Morgan fingerprint density at radius 2 is 2.24 bits per heavy atom. The van der Waals surface area contributed by atoms with Gasteiger partial charge in [-0.3, -0.25) is 9.69 Å². The second kappa shape index (κ2) is 4.90. The molecule has 3 rings (SSSR count). The molecule has 1 unspecified atom stereocenters. The van der Waals surface area contributed by atoms with Crippen molar-refractivity contribution in [3.63, 3.8) is 0 Å². The predicted molar refractivity (Wildman–Crippen MR) is 75.1 cm³/mol. The van der Waals surface area contributed by atoms with Gasteiger partial charge >= 0.3 is 0 Å². The maximum absolute atomic E-state index is 12.1. The highest BCUT2D eigenvalue weighted by Gasteiger charge is 2.35. The number of aromatic nitrogens is 4. The third-order valence-electron chi connectivity index (χ3n) is 3.17. The number of nitrogens with two attached hydrogens (primary N) is 1. The second-order valence-corrected chi connectivity index (χ2v) is 6.82. The number of anilines is 1. The Morgan fingerprint density at radius 3 is 2.95 bits per heavy atom. The number of hydrogen-bond donors (Lipinski definition) is 2. The lowest BCUT2D eigenvalue weighted by Crippen LogP contribution is -2.28. The van der Waals surface area contributed by atoms with Gasteiger partial charge in [0.1, 0.15) is 5.52 Å². The molecule has 1 saturated heterocycles. The number of primary sulfonamides is 1. The van der Waals surface area contributed by atoms with E-state index in [0.29, 0.717) is 17.0 Å². The molecular weight excluding hydrogens is 320 g/mol. The lowest BCUT2D eigenvalue weighted by molar-refractivity contribution is -0.117. The summed E-state index contributed by atoms with van der Waals surface area (Å²) in [6.07, 6.45) is 1.51. The number of amides is 1. The summed E-state index contributed by atoms with van der Waals surface area (Å²) in [6.45, 7) is 0.205. The molecular formula is C10H11ClN6O3S. The summed E-state index contributed by atoms with van der Waals surface area (Å²) < 4.78 is 22.3. The van der Waals surface area contributed by atoms with E-state index in [4.69, 9.17) is 16.7 Å². The van der Waals surface area contributed by atoms with Gasteiger partial charge in [-0.15, -0.1) is 0 Å². The van der Waals surface area contributed by atoms with E-state index in [1.54, 1.807) is 0 Å². The molecule has 9 nitrogen and oxygen atoms in total. The van der Waals surface area contributed by atoms with Gasteiger partial charge in [-0.2, -0.15) is 9.97 Å². The van der Waals surface area contributed by atoms with Gasteiger partial charge < -0.3 is 4.98 Å². The van der Waals surface area contributed by atoms with Crippen LogP contribution in [0.5, 0.6) is 0 Å². The van der Waals surface area contributed by atoms with Crippen LogP contribution in [0.15, 0.2) is 6.33 Å². The number of nitrogens with zero attached hydrogens (tertiary/aromatic N) is 4. The number of rotatable bonds is 3. The van der Waals surface area contributed by atoms with E-state index in [0.717, 1.165) is 0 Å². The third kappa shape index (κ3) is 2.82. The van der Waals surface area contributed by atoms with Gasteiger partial charge in [-0.05, 0) is 11.6 Å². The molecule has 0 aromatic carbocycles. The van der Waals surface area contributed by atoms with Gasteiger partial charge in [0.2, 0.25) is 21.2 Å². The number of sulfonamides is 1. The Balaban J connectivity index is 1.96. The molecule has 1 aliphatic rings. The molecule has 3 N–H and O–H groups in total. The molecule has 1 amide bonds. The fourth-order valence-electron chi connectivity index (χ4n) is 2.41. The van der Waals surface area contributed by atoms with E-state index in [-0.39, 0.29) is 35.8 Å². The molecule has 0 bridgehead atoms. The Hall–Kier alpha value is -1.78. The van der Waals surface area contributed by atoms with Crippen molar-refractivity contribution in [3.8, 4) is 0 Å². The average molecular weight is 331 g/mol. The van der Waals surface area contributed by atoms with Crippen LogP contribution in [0.1, 0.15) is 6.42 Å². The molecule has 3 heterocycles. The van der Waals surface area contributed by atoms with Gasteiger partial charge in [0.25, 0.3) is 0 Å². The van der Waals surface area contributed by atoms with Crippen LogP contribution in [-0.2, 0) is 14.8 Å². The quantitative estimate of drug-likeness (QED) is 0.738. The number of halogens is 1. The Labute approximate surface area is 124 Å². The van der Waals surface area contributed by atoms with Crippen molar-refractivity contribution in [2.24, 2.45) is 11.1 Å². The molecule has 11 heteroatoms. The van der Waals surface area contributed by atoms with Crippen LogP contribution in [0.3, 0.4) is 0 Å². The van der Waals surface area contributed by atoms with E-state index < -0.39 is 10.0 Å². The van der Waals surface area contributed by atoms with Crippen LogP contribution in [0.2, 0.25) is 5.28 Å². The van der Waals surface area contributed by atoms with E-state index in [1.165, 1.54) is 11.2 Å². The Morgan fingerprint density at radius 1 is 1.48 bits per heavy atom. The van der Waals surface area contributed by atoms with Crippen molar-refractivity contribution in [2.45, 2.75) is 6.42 Å². The predicted octanol–water partition coefficient (Wildman–Crippen LogP) is -0.352. The zero-order chi connectivity index (χ0) is 15.2. The molecule has 1 fully saturated rings. The maximum atomic E-state index is 12.1. The van der Waals surface area contributed by atoms with Gasteiger partial charge in [-0.25, -0.2) is 18.5 Å². The van der Waals surface area contributed by atoms with E-state index >= 15 is 0 Å². The monoisotopic (exact) mass is 330 g/mol. The molecule has 2 aromatic heterocycles. The summed E-state index contributed by atoms with van der Waals surface area (Å²) in [5.41, 5.74) is 0.816. The molecule has 0 radical (unpaired) electrons. The SMILES string of the molecule is NS(=O)(=O)CC1CC(=O)N(c2nc(Cl)nc3nc[nH]c23)C1. The summed E-state index contributed by atoms with van der Waals surface area (Å²) in [4.78, 5) is 28.3. The standard InChI is InChI=1S/C10H11ClN6O3S/c11-10-15-8-7(13-4-14-8)9(16-10)17-2-5(1-6(17)18)3-21(12,19)20/h4-5H,1-3H2,(H2,12,19,20)(H,13,14,15,16). The normalized spacial score (nSPS) is 19.6. The summed E-state index contributed by atoms with van der Waals surface area (Å²) in [5.74, 6) is -0.571. The van der Waals surface area contributed by atoms with Crippen molar-refractivity contribution in [3.05, 3.63) is 11.6 Å². The van der Waals surface area contributed by atoms with Crippen LogP contribution in [0, 0.1) is 5.92 Å². The molecule has 2 aromatic rings. The number of hydrogen-bond acceptors (Lipinski definition) is 6. The van der Waals surface area contributed by atoms with Gasteiger partial charge in [-0.1, -0.05) is 0 Å². The first-order valence-corrected chi connectivity index (χ1v) is 8.10. The number of imidazole rings is 1. The van der Waals surface area contributed by atoms with Crippen molar-refractivity contribution in [1.29, 1.82) is 0 Å². The highest BCUT2D eigenvalue weighted by atomic mass is 35.5. The van der Waals surface area contributed by atoms with E-state index in [9.17, 15) is 13.2 Å². The van der Waals surface area contributed by atoms with Crippen LogP contribution in [0.25, 0.3) is 11.2 Å². The van der Waals surface area contributed by atoms with Crippen LogP contribution in [0.4, 0.5) is 5.82 Å². The van der Waals surface area contributed by atoms with E-state index in [1.807, 2.05) is 0 Å². The average Bonchev–Trinajstić information content (AvgIpc) is 2.92. The summed E-state index contributed by atoms with van der Waals surface area (Å²) in [7, 11) is -3.63. The molecule has 0 aliphatic carbocycles. The van der Waals surface area contributed by atoms with Gasteiger partial charge in [0.05, 0.1) is 12.1 Å². The van der Waals surface area contributed by atoms with Crippen molar-refractivity contribution >= 4 is 44.5 Å². The third-order valence-corrected chi connectivity index (χ3v) is 4.27. The first kappa shape index (κ1) is 14.2. The summed E-state index contributed by atoms with van der Waals surface area (Å²) in [6, 6.07) is 0. The minimum absolute atomic E-state index is 0.0349. The largest absolute Gasteiger partial charge is 0.340 e. The number of nitrogens with one attached hydrogen (secondary N) is 1. The lowest BCUT2D eigenvalue weighted by atomic mass is 10.1. The zero-order valence-corrected chi connectivity index (χ0v) is 12.2. The smallest absolute Gasteiger partial charge is 0.228 e. The number of H-pyrrole nitrogens is 1. The van der Waals surface area contributed by atoms with Crippen molar-refractivity contribution in [1.82, 2.24) is 19.9 Å². The highest BCUT2D eigenvalue weighted by molar-refractivity contribution is 7.89. The summed E-state index contributed by atoms with van der Waals surface area (Å²) in [5, 5.41) is 4.99. The van der Waals surface area contributed by atoms with Crippen molar-refractivity contribution < 1.29 is 13.2 Å². The molecule has 0 saturated carbocycles. The maximum Gasteiger partial charge on any atom is 0.228 e. The van der Waals surface area contributed by atoms with E-state index in [2.05, 4.69) is 19.9 Å². The zero-order valence-electron chi connectivity index (χ0n) is 10.7. The number of aromatic amines is 1. The molecule has 0 spiro atoms. The molecule has 1 atom stereocenters. The summed E-state index contributed by atoms with van der Waals surface area (Å²) >= 11 is 5.82. The Bertz CT molecular complexity index is 819. The minimum Gasteiger partial charge on any atom is -0.340 e. The highest BCUT2D eigenvalue weighted by Crippen LogP contribution is 2.29. The second-order valence-electron chi connectivity index (χ2n) is 4.82. The number of carbonyl (C=O) groups excluding carboxylic acids is 1. The number of carbonyl (C=O) groups is 1.